The van der Waals surface area contributed by atoms with Crippen molar-refractivity contribution in [1.29, 1.82) is 0 Å². The molecule has 4 nitrogen and oxygen atoms in total. The zero-order chi connectivity index (χ0) is 14.3. The van der Waals surface area contributed by atoms with E-state index in [9.17, 15) is 12.8 Å². The molecule has 0 unspecified atom stereocenters. The lowest BCUT2D eigenvalue weighted by molar-refractivity contribution is 0.429. The molecule has 0 radical (unpaired) electrons. The molecule has 1 aliphatic rings. The number of sulfonamides is 1. The molecule has 0 spiro atoms. The molecule has 0 saturated carbocycles. The molecule has 3 rings (SSSR count). The first-order valence-corrected chi connectivity index (χ1v) is 7.61. The summed E-state index contributed by atoms with van der Waals surface area (Å²) in [6.45, 7) is 2.12. The molecule has 0 saturated heterocycles. The zero-order valence-corrected chi connectivity index (χ0v) is 11.7. The minimum Gasteiger partial charge on any atom is -0.260 e. The number of fused-ring (bicyclic) bond motifs is 1. The second-order valence-electron chi connectivity index (χ2n) is 4.79. The molecular formula is C14H13FN2O2S. The minimum atomic E-state index is -3.62. The van der Waals surface area contributed by atoms with Crippen LogP contribution in [0, 0.1) is 12.7 Å². The number of hydrogen-bond acceptors (Lipinski definition) is 3. The largest absolute Gasteiger partial charge is 0.260 e. The van der Waals surface area contributed by atoms with Crippen molar-refractivity contribution in [2.75, 3.05) is 0 Å². The fraction of sp³-hybridized carbons (Fsp3) is 0.214. The van der Waals surface area contributed by atoms with Crippen molar-refractivity contribution in [3.05, 3.63) is 59.2 Å². The van der Waals surface area contributed by atoms with E-state index in [-0.39, 0.29) is 11.4 Å². The molecule has 0 amide bonds. The van der Waals surface area contributed by atoms with Gasteiger partial charge in [0.05, 0.1) is 17.1 Å². The molecule has 0 aliphatic carbocycles. The molecule has 1 aromatic heterocycles. The average Bonchev–Trinajstić information content (AvgIpc) is 2.86. The lowest BCUT2D eigenvalue weighted by Crippen LogP contribution is -2.25. The molecule has 0 fully saturated rings. The fourth-order valence-electron chi connectivity index (χ4n) is 2.27. The van der Waals surface area contributed by atoms with Gasteiger partial charge in [0.25, 0.3) is 0 Å². The number of benzene rings is 1. The van der Waals surface area contributed by atoms with Gasteiger partial charge in [-0.3, -0.25) is 4.98 Å². The van der Waals surface area contributed by atoms with Gasteiger partial charge < -0.3 is 0 Å². The van der Waals surface area contributed by atoms with Crippen LogP contribution in [0.4, 0.5) is 4.39 Å². The van der Waals surface area contributed by atoms with Crippen LogP contribution in [0.25, 0.3) is 0 Å². The lowest BCUT2D eigenvalue weighted by Gasteiger charge is -2.15. The van der Waals surface area contributed by atoms with Crippen LogP contribution in [0.3, 0.4) is 0 Å². The summed E-state index contributed by atoms with van der Waals surface area (Å²) in [5.41, 5.74) is 2.01. The van der Waals surface area contributed by atoms with E-state index >= 15 is 0 Å². The molecular weight excluding hydrogens is 279 g/mol. The van der Waals surface area contributed by atoms with E-state index in [1.54, 1.807) is 19.2 Å². The lowest BCUT2D eigenvalue weighted by atomic mass is 10.2. The van der Waals surface area contributed by atoms with E-state index in [0.29, 0.717) is 12.1 Å². The molecule has 0 N–H and O–H groups in total. The Balaban J connectivity index is 1.96. The van der Waals surface area contributed by atoms with Crippen LogP contribution >= 0.6 is 0 Å². The molecule has 1 aliphatic heterocycles. The zero-order valence-electron chi connectivity index (χ0n) is 10.9. The summed E-state index contributed by atoms with van der Waals surface area (Å²) in [6.07, 6.45) is 1.65. The highest BCUT2D eigenvalue weighted by Gasteiger charge is 2.31. The van der Waals surface area contributed by atoms with Gasteiger partial charge in [-0.05, 0) is 42.3 Å². The van der Waals surface area contributed by atoms with Crippen molar-refractivity contribution < 1.29 is 12.8 Å². The van der Waals surface area contributed by atoms with Crippen molar-refractivity contribution in [2.24, 2.45) is 0 Å². The molecule has 20 heavy (non-hydrogen) atoms. The van der Waals surface area contributed by atoms with Gasteiger partial charge in [-0.2, -0.15) is 4.31 Å². The third-order valence-electron chi connectivity index (χ3n) is 3.42. The topological polar surface area (TPSA) is 50.3 Å². The number of aromatic nitrogens is 1. The summed E-state index contributed by atoms with van der Waals surface area (Å²) in [5.74, 6) is -0.407. The molecule has 0 atom stereocenters. The summed E-state index contributed by atoms with van der Waals surface area (Å²) in [4.78, 5) is 4.30. The Hall–Kier alpha value is -1.79. The van der Waals surface area contributed by atoms with Gasteiger partial charge in [-0.25, -0.2) is 12.8 Å². The van der Waals surface area contributed by atoms with E-state index in [0.717, 1.165) is 11.3 Å². The second-order valence-corrected chi connectivity index (χ2v) is 6.73. The monoisotopic (exact) mass is 292 g/mol. The maximum Gasteiger partial charge on any atom is 0.243 e. The summed E-state index contributed by atoms with van der Waals surface area (Å²) >= 11 is 0. The van der Waals surface area contributed by atoms with Gasteiger partial charge in [0.2, 0.25) is 10.0 Å². The molecule has 2 heterocycles. The number of pyridine rings is 1. The number of nitrogens with zero attached hydrogens (tertiary/aromatic N) is 2. The summed E-state index contributed by atoms with van der Waals surface area (Å²) in [7, 11) is -3.62. The van der Waals surface area contributed by atoms with Crippen molar-refractivity contribution in [2.45, 2.75) is 24.9 Å². The van der Waals surface area contributed by atoms with Gasteiger partial charge in [0.15, 0.2) is 0 Å². The molecule has 0 bridgehead atoms. The predicted molar refractivity (Wildman–Crippen MR) is 71.8 cm³/mol. The van der Waals surface area contributed by atoms with E-state index < -0.39 is 15.8 Å². The van der Waals surface area contributed by atoms with E-state index in [2.05, 4.69) is 4.98 Å². The highest BCUT2D eigenvalue weighted by molar-refractivity contribution is 7.89. The molecule has 1 aromatic carbocycles. The normalized spacial score (nSPS) is 15.3. The second kappa shape index (κ2) is 4.64. The van der Waals surface area contributed by atoms with Crippen LogP contribution in [0.15, 0.2) is 41.4 Å². The first kappa shape index (κ1) is 13.2. The van der Waals surface area contributed by atoms with Crippen LogP contribution in [0.1, 0.15) is 16.8 Å². The van der Waals surface area contributed by atoms with Gasteiger partial charge >= 0.3 is 0 Å². The highest BCUT2D eigenvalue weighted by Crippen LogP contribution is 2.27. The number of hydrogen-bond donors (Lipinski definition) is 0. The number of aryl methyl sites for hydroxylation is 1. The van der Waals surface area contributed by atoms with E-state index in [1.165, 1.54) is 22.5 Å². The van der Waals surface area contributed by atoms with Crippen molar-refractivity contribution >= 4 is 10.0 Å². The summed E-state index contributed by atoms with van der Waals surface area (Å²) in [6, 6.07) is 7.50. The summed E-state index contributed by atoms with van der Waals surface area (Å²) in [5, 5.41) is 0. The number of halogens is 1. The third-order valence-corrected chi connectivity index (χ3v) is 5.21. The third kappa shape index (κ3) is 2.10. The van der Waals surface area contributed by atoms with Gasteiger partial charge in [-0.1, -0.05) is 6.07 Å². The first-order chi connectivity index (χ1) is 9.48. The Kier molecular flexibility index (Phi) is 3.07. The summed E-state index contributed by atoms with van der Waals surface area (Å²) < 4.78 is 39.7. The highest BCUT2D eigenvalue weighted by atomic mass is 32.2. The van der Waals surface area contributed by atoms with Crippen molar-refractivity contribution in [3.63, 3.8) is 0 Å². The fourth-order valence-corrected chi connectivity index (χ4v) is 3.73. The maximum atomic E-state index is 13.3. The smallest absolute Gasteiger partial charge is 0.243 e. The quantitative estimate of drug-likeness (QED) is 0.853. The van der Waals surface area contributed by atoms with Crippen LogP contribution in [0.2, 0.25) is 0 Å². The number of rotatable bonds is 2. The average molecular weight is 292 g/mol. The van der Waals surface area contributed by atoms with Gasteiger partial charge in [0, 0.05) is 12.7 Å². The Bertz CT molecular complexity index is 749. The molecule has 2 aromatic rings. The first-order valence-electron chi connectivity index (χ1n) is 6.17. The Labute approximate surface area is 116 Å². The van der Waals surface area contributed by atoms with Crippen LogP contribution in [0.5, 0.6) is 0 Å². The standard InChI is InChI=1S/C14H13FN2O2S/c1-10-7-12(4-5-13(10)15)20(18,19)17-8-11-3-2-6-16-14(11)9-17/h2-7H,8-9H2,1H3. The van der Waals surface area contributed by atoms with Crippen LogP contribution < -0.4 is 0 Å². The van der Waals surface area contributed by atoms with Crippen LogP contribution in [-0.4, -0.2) is 17.7 Å². The minimum absolute atomic E-state index is 0.115. The van der Waals surface area contributed by atoms with Crippen molar-refractivity contribution in [3.8, 4) is 0 Å². The Morgan fingerprint density at radius 2 is 2.05 bits per heavy atom. The van der Waals surface area contributed by atoms with Crippen molar-refractivity contribution in [1.82, 2.24) is 9.29 Å². The SMILES string of the molecule is Cc1cc(S(=O)(=O)N2Cc3cccnc3C2)ccc1F. The Morgan fingerprint density at radius 1 is 1.25 bits per heavy atom. The van der Waals surface area contributed by atoms with Gasteiger partial charge in [-0.15, -0.1) is 0 Å². The molecule has 6 heteroatoms. The van der Waals surface area contributed by atoms with Gasteiger partial charge in [0.1, 0.15) is 5.82 Å². The maximum absolute atomic E-state index is 13.3. The van der Waals surface area contributed by atoms with E-state index in [1.807, 2.05) is 6.07 Å². The predicted octanol–water partition coefficient (Wildman–Crippen LogP) is 2.23. The van der Waals surface area contributed by atoms with E-state index in [4.69, 9.17) is 0 Å². The van der Waals surface area contributed by atoms with Crippen LogP contribution in [-0.2, 0) is 23.1 Å². The molecule has 104 valence electrons. The Morgan fingerprint density at radius 3 is 2.75 bits per heavy atom.